The summed E-state index contributed by atoms with van der Waals surface area (Å²) in [5.74, 6) is 0.552. The maximum Gasteiger partial charge on any atom is 0.153 e. The quantitative estimate of drug-likeness (QED) is 0.607. The molecule has 0 amide bonds. The van der Waals surface area contributed by atoms with Crippen LogP contribution in [0.15, 0.2) is 0 Å². The summed E-state index contributed by atoms with van der Waals surface area (Å²) < 4.78 is 22.1. The fourth-order valence-corrected chi connectivity index (χ4v) is 2.98. The van der Waals surface area contributed by atoms with Crippen molar-refractivity contribution in [1.29, 1.82) is 0 Å². The topological polar surface area (TPSA) is 46.2 Å². The Hall–Kier alpha value is 0.200. The molecule has 0 atom stereocenters. The average molecular weight is 200 g/mol. The highest BCUT2D eigenvalue weighted by molar-refractivity contribution is 7.91. The molecule has 1 fully saturated rings. The lowest BCUT2D eigenvalue weighted by Gasteiger charge is -2.30. The van der Waals surface area contributed by atoms with Gasteiger partial charge in [0, 0.05) is 12.1 Å². The molecular weight excluding hydrogens is 186 g/mol. The van der Waals surface area contributed by atoms with Crippen LogP contribution < -0.4 is 5.32 Å². The van der Waals surface area contributed by atoms with Crippen LogP contribution in [0.1, 0.15) is 13.8 Å². The third-order valence-electron chi connectivity index (χ3n) is 1.60. The minimum Gasteiger partial charge on any atom is -0.310 e. The van der Waals surface area contributed by atoms with E-state index in [-0.39, 0.29) is 29.5 Å². The molecule has 0 aromatic rings. The van der Waals surface area contributed by atoms with E-state index in [1.54, 1.807) is 0 Å². The first-order valence-electron chi connectivity index (χ1n) is 3.37. The first-order chi connectivity index (χ1) is 4.41. The lowest BCUT2D eigenvalue weighted by Crippen LogP contribution is -2.52. The van der Waals surface area contributed by atoms with Gasteiger partial charge in [0.25, 0.3) is 0 Å². The van der Waals surface area contributed by atoms with Crippen molar-refractivity contribution in [1.82, 2.24) is 5.32 Å². The molecule has 0 radical (unpaired) electrons. The van der Waals surface area contributed by atoms with E-state index in [4.69, 9.17) is 0 Å². The molecule has 1 saturated heterocycles. The zero-order chi connectivity index (χ0) is 7.83. The minimum atomic E-state index is -2.75. The average Bonchev–Trinajstić information content (AvgIpc) is 1.56. The molecule has 0 aromatic heterocycles. The molecule has 1 heterocycles. The number of nitrogens with one attached hydrogen (secondary N) is 1. The smallest absolute Gasteiger partial charge is 0.153 e. The number of hydrogen-bond acceptors (Lipinski definition) is 3. The second kappa shape index (κ2) is 3.29. The zero-order valence-corrected chi connectivity index (χ0v) is 8.39. The van der Waals surface area contributed by atoms with Crippen LogP contribution in [0.4, 0.5) is 0 Å². The van der Waals surface area contributed by atoms with E-state index in [0.29, 0.717) is 6.54 Å². The standard InChI is InChI=1S/C6H13NO2S.ClH/c1-6(2)5-10(8,9)4-3-7-6;/h7H,3-5H2,1-2H3;1H. The highest BCUT2D eigenvalue weighted by atomic mass is 35.5. The van der Waals surface area contributed by atoms with Gasteiger partial charge in [0.05, 0.1) is 11.5 Å². The summed E-state index contributed by atoms with van der Waals surface area (Å²) in [5, 5.41) is 3.13. The normalized spacial score (nSPS) is 27.1. The van der Waals surface area contributed by atoms with Crippen LogP contribution in [0.25, 0.3) is 0 Å². The molecule has 1 aliphatic rings. The summed E-state index contributed by atoms with van der Waals surface area (Å²) in [6, 6.07) is 0. The Morgan fingerprint density at radius 2 is 1.91 bits per heavy atom. The molecule has 0 spiro atoms. The van der Waals surface area contributed by atoms with E-state index >= 15 is 0 Å². The molecule has 0 saturated carbocycles. The van der Waals surface area contributed by atoms with Crippen molar-refractivity contribution >= 4 is 22.2 Å². The predicted octanol–water partition coefficient (Wildman–Crippen LogP) is 0.205. The number of hydrogen-bond donors (Lipinski definition) is 1. The highest BCUT2D eigenvalue weighted by Gasteiger charge is 2.29. The van der Waals surface area contributed by atoms with E-state index in [9.17, 15) is 8.42 Å². The van der Waals surface area contributed by atoms with Gasteiger partial charge >= 0.3 is 0 Å². The van der Waals surface area contributed by atoms with Crippen molar-refractivity contribution in [3.63, 3.8) is 0 Å². The Bertz CT molecular complexity index is 223. The van der Waals surface area contributed by atoms with E-state index in [1.165, 1.54) is 0 Å². The Morgan fingerprint density at radius 3 is 2.18 bits per heavy atom. The van der Waals surface area contributed by atoms with E-state index in [2.05, 4.69) is 5.32 Å². The van der Waals surface area contributed by atoms with Crippen molar-refractivity contribution in [3.05, 3.63) is 0 Å². The van der Waals surface area contributed by atoms with Gasteiger partial charge in [0.1, 0.15) is 0 Å². The number of rotatable bonds is 0. The Labute approximate surface area is 73.9 Å². The molecular formula is C6H14ClNO2S. The summed E-state index contributed by atoms with van der Waals surface area (Å²) in [6.45, 7) is 4.41. The summed E-state index contributed by atoms with van der Waals surface area (Å²) in [5.41, 5.74) is -0.225. The Balaban J connectivity index is 0.000001000. The Morgan fingerprint density at radius 1 is 1.36 bits per heavy atom. The molecule has 1 N–H and O–H groups in total. The van der Waals surface area contributed by atoms with Gasteiger partial charge in [-0.3, -0.25) is 0 Å². The molecule has 0 unspecified atom stereocenters. The summed E-state index contributed by atoms with van der Waals surface area (Å²) in [4.78, 5) is 0. The summed E-state index contributed by atoms with van der Waals surface area (Å²) in [7, 11) is -2.75. The van der Waals surface area contributed by atoms with Crippen molar-refractivity contribution in [3.8, 4) is 0 Å². The fourth-order valence-electron chi connectivity index (χ4n) is 1.22. The van der Waals surface area contributed by atoms with Crippen LogP contribution >= 0.6 is 12.4 Å². The first-order valence-corrected chi connectivity index (χ1v) is 5.19. The molecule has 1 rings (SSSR count). The summed E-state index contributed by atoms with van der Waals surface area (Å²) in [6.07, 6.45) is 0. The maximum absolute atomic E-state index is 11.0. The van der Waals surface area contributed by atoms with Gasteiger partial charge in [-0.15, -0.1) is 12.4 Å². The van der Waals surface area contributed by atoms with Gasteiger partial charge in [-0.25, -0.2) is 8.42 Å². The molecule has 0 aliphatic carbocycles. The lowest BCUT2D eigenvalue weighted by atomic mass is 10.1. The molecule has 0 aromatic carbocycles. The molecule has 11 heavy (non-hydrogen) atoms. The molecule has 68 valence electrons. The SMILES string of the molecule is CC1(C)CS(=O)(=O)CCN1.Cl. The van der Waals surface area contributed by atoms with Gasteiger partial charge in [-0.05, 0) is 13.8 Å². The maximum atomic E-state index is 11.0. The van der Waals surface area contributed by atoms with Crippen LogP contribution in [0.5, 0.6) is 0 Å². The molecule has 5 heteroatoms. The minimum absolute atomic E-state index is 0. The van der Waals surface area contributed by atoms with Gasteiger partial charge in [-0.1, -0.05) is 0 Å². The van der Waals surface area contributed by atoms with Gasteiger partial charge in [-0.2, -0.15) is 0 Å². The largest absolute Gasteiger partial charge is 0.310 e. The Kier molecular flexibility index (Phi) is 3.35. The van der Waals surface area contributed by atoms with Crippen molar-refractivity contribution in [2.24, 2.45) is 0 Å². The molecule has 3 nitrogen and oxygen atoms in total. The zero-order valence-electron chi connectivity index (χ0n) is 6.75. The van der Waals surface area contributed by atoms with Gasteiger partial charge in [0.2, 0.25) is 0 Å². The predicted molar refractivity (Wildman–Crippen MR) is 48.0 cm³/mol. The van der Waals surface area contributed by atoms with E-state index in [1.807, 2.05) is 13.8 Å². The van der Waals surface area contributed by atoms with Crippen LogP contribution in [-0.2, 0) is 9.84 Å². The molecule has 1 aliphatic heterocycles. The number of halogens is 1. The van der Waals surface area contributed by atoms with Crippen molar-refractivity contribution in [2.45, 2.75) is 19.4 Å². The highest BCUT2D eigenvalue weighted by Crippen LogP contribution is 2.11. The first kappa shape index (κ1) is 11.2. The lowest BCUT2D eigenvalue weighted by molar-refractivity contribution is 0.418. The third-order valence-corrected chi connectivity index (χ3v) is 3.59. The van der Waals surface area contributed by atoms with Crippen LogP contribution in [0.2, 0.25) is 0 Å². The van der Waals surface area contributed by atoms with Gasteiger partial charge in [0.15, 0.2) is 9.84 Å². The van der Waals surface area contributed by atoms with Crippen LogP contribution in [0.3, 0.4) is 0 Å². The van der Waals surface area contributed by atoms with Crippen molar-refractivity contribution in [2.75, 3.05) is 18.1 Å². The second-order valence-corrected chi connectivity index (χ2v) is 5.59. The van der Waals surface area contributed by atoms with E-state index < -0.39 is 9.84 Å². The second-order valence-electron chi connectivity index (χ2n) is 3.40. The van der Waals surface area contributed by atoms with Crippen LogP contribution in [-0.4, -0.2) is 32.0 Å². The van der Waals surface area contributed by atoms with Crippen LogP contribution in [0, 0.1) is 0 Å². The van der Waals surface area contributed by atoms with Gasteiger partial charge < -0.3 is 5.32 Å². The fraction of sp³-hybridized carbons (Fsp3) is 1.00. The third kappa shape index (κ3) is 3.40. The molecule has 0 bridgehead atoms. The monoisotopic (exact) mass is 199 g/mol. The van der Waals surface area contributed by atoms with E-state index in [0.717, 1.165) is 0 Å². The summed E-state index contributed by atoms with van der Waals surface area (Å²) >= 11 is 0. The number of sulfone groups is 1. The van der Waals surface area contributed by atoms with Crippen molar-refractivity contribution < 1.29 is 8.42 Å².